The largest absolute Gasteiger partial charge is 0.337 e. The van der Waals surface area contributed by atoms with Gasteiger partial charge >= 0.3 is 0 Å². The molecule has 3 aliphatic heterocycles. The molecule has 160 valence electrons. The van der Waals surface area contributed by atoms with E-state index in [-0.39, 0.29) is 24.4 Å². The summed E-state index contributed by atoms with van der Waals surface area (Å²) in [5.41, 5.74) is 0.323. The maximum absolute atomic E-state index is 14.2. The standard InChI is InChI=1S/C20H31FN6O2/c21-16-11-17(27(12-16)19(28)15-24-7-3-1-2-4-8-24)13-26-14-18(22-23-26)20(29)25-9-5-6-10-25/h14,16-17H,1-13,15H2/t16-,17-/m0/s1. The Hall–Kier alpha value is -2.03. The monoisotopic (exact) mass is 406 g/mol. The number of halogens is 1. The first-order chi connectivity index (χ1) is 14.1. The molecule has 3 fully saturated rings. The van der Waals surface area contributed by atoms with Gasteiger partial charge < -0.3 is 9.80 Å². The average Bonchev–Trinajstić information content (AvgIpc) is 3.42. The molecule has 2 amide bonds. The van der Waals surface area contributed by atoms with Gasteiger partial charge in [0.1, 0.15) is 6.17 Å². The molecule has 0 saturated carbocycles. The van der Waals surface area contributed by atoms with Crippen molar-refractivity contribution < 1.29 is 14.0 Å². The summed E-state index contributed by atoms with van der Waals surface area (Å²) >= 11 is 0. The molecule has 3 saturated heterocycles. The number of rotatable bonds is 5. The fraction of sp³-hybridized carbons (Fsp3) is 0.800. The van der Waals surface area contributed by atoms with Crippen LogP contribution in [0.25, 0.3) is 0 Å². The van der Waals surface area contributed by atoms with Gasteiger partial charge in [-0.1, -0.05) is 18.1 Å². The number of likely N-dealkylation sites (tertiary alicyclic amines) is 3. The van der Waals surface area contributed by atoms with E-state index in [1.54, 1.807) is 20.7 Å². The third kappa shape index (κ3) is 4.94. The first-order valence-electron chi connectivity index (χ1n) is 11.0. The van der Waals surface area contributed by atoms with Crippen molar-refractivity contribution in [3.8, 4) is 0 Å². The molecule has 29 heavy (non-hydrogen) atoms. The van der Waals surface area contributed by atoms with Gasteiger partial charge in [-0.05, 0) is 38.8 Å². The second-order valence-corrected chi connectivity index (χ2v) is 8.55. The highest BCUT2D eigenvalue weighted by Crippen LogP contribution is 2.23. The van der Waals surface area contributed by atoms with Gasteiger partial charge in [0, 0.05) is 19.5 Å². The van der Waals surface area contributed by atoms with Crippen molar-refractivity contribution in [3.05, 3.63) is 11.9 Å². The Morgan fingerprint density at radius 2 is 1.72 bits per heavy atom. The van der Waals surface area contributed by atoms with Crippen LogP contribution in [0.2, 0.25) is 0 Å². The number of carbonyl (C=O) groups excluding carboxylic acids is 2. The van der Waals surface area contributed by atoms with Crippen molar-refractivity contribution in [1.82, 2.24) is 29.7 Å². The highest BCUT2D eigenvalue weighted by atomic mass is 19.1. The minimum absolute atomic E-state index is 0.00877. The Labute approximate surface area is 171 Å². The second-order valence-electron chi connectivity index (χ2n) is 8.55. The van der Waals surface area contributed by atoms with Gasteiger partial charge in [0.25, 0.3) is 5.91 Å². The van der Waals surface area contributed by atoms with E-state index in [2.05, 4.69) is 15.2 Å². The minimum Gasteiger partial charge on any atom is -0.337 e. The lowest BCUT2D eigenvalue weighted by Gasteiger charge is -2.27. The Morgan fingerprint density at radius 1 is 1.03 bits per heavy atom. The van der Waals surface area contributed by atoms with Crippen LogP contribution >= 0.6 is 0 Å². The van der Waals surface area contributed by atoms with Crippen molar-refractivity contribution in [2.24, 2.45) is 0 Å². The van der Waals surface area contributed by atoms with Crippen LogP contribution in [0.1, 0.15) is 55.4 Å². The van der Waals surface area contributed by atoms with E-state index in [1.807, 2.05) is 0 Å². The molecule has 8 nitrogen and oxygen atoms in total. The maximum atomic E-state index is 14.2. The topological polar surface area (TPSA) is 74.6 Å². The van der Waals surface area contributed by atoms with Gasteiger partial charge in [-0.3, -0.25) is 14.5 Å². The lowest BCUT2D eigenvalue weighted by Crippen LogP contribution is -2.44. The lowest BCUT2D eigenvalue weighted by atomic mass is 10.2. The van der Waals surface area contributed by atoms with Gasteiger partial charge in [-0.2, -0.15) is 0 Å². The van der Waals surface area contributed by atoms with E-state index in [0.717, 1.165) is 51.9 Å². The van der Waals surface area contributed by atoms with E-state index < -0.39 is 6.17 Å². The predicted molar refractivity (Wildman–Crippen MR) is 105 cm³/mol. The summed E-state index contributed by atoms with van der Waals surface area (Å²) < 4.78 is 15.7. The molecule has 1 aromatic rings. The first kappa shape index (κ1) is 20.3. The third-order valence-corrected chi connectivity index (χ3v) is 6.29. The Morgan fingerprint density at radius 3 is 2.45 bits per heavy atom. The normalized spacial score (nSPS) is 26.1. The highest BCUT2D eigenvalue weighted by molar-refractivity contribution is 5.92. The van der Waals surface area contributed by atoms with Crippen LogP contribution in [0.15, 0.2) is 6.20 Å². The fourth-order valence-electron chi connectivity index (χ4n) is 4.70. The third-order valence-electron chi connectivity index (χ3n) is 6.29. The summed E-state index contributed by atoms with van der Waals surface area (Å²) in [6, 6.07) is -0.249. The summed E-state index contributed by atoms with van der Waals surface area (Å²) in [6.07, 6.45) is 7.64. The number of carbonyl (C=O) groups is 2. The average molecular weight is 407 g/mol. The number of amides is 2. The van der Waals surface area contributed by atoms with Gasteiger partial charge in [0.15, 0.2) is 5.69 Å². The molecule has 0 spiro atoms. The predicted octanol–water partition coefficient (Wildman–Crippen LogP) is 1.33. The number of nitrogens with zero attached hydrogens (tertiary/aromatic N) is 6. The molecule has 2 atom stereocenters. The number of hydrogen-bond donors (Lipinski definition) is 0. The summed E-state index contributed by atoms with van der Waals surface area (Å²) in [4.78, 5) is 31.0. The van der Waals surface area contributed by atoms with E-state index in [1.165, 1.54) is 12.8 Å². The molecule has 4 rings (SSSR count). The molecule has 4 heterocycles. The van der Waals surface area contributed by atoms with Crippen molar-refractivity contribution >= 4 is 11.8 Å². The summed E-state index contributed by atoms with van der Waals surface area (Å²) in [6.45, 7) is 4.27. The van der Waals surface area contributed by atoms with Crippen molar-refractivity contribution in [2.75, 3.05) is 39.3 Å². The zero-order valence-corrected chi connectivity index (χ0v) is 17.0. The minimum atomic E-state index is -1.01. The van der Waals surface area contributed by atoms with Gasteiger partial charge in [-0.15, -0.1) is 5.10 Å². The Kier molecular flexibility index (Phi) is 6.42. The molecule has 3 aliphatic rings. The number of hydrogen-bond acceptors (Lipinski definition) is 5. The molecular weight excluding hydrogens is 375 g/mol. The van der Waals surface area contributed by atoms with Crippen LogP contribution in [0.5, 0.6) is 0 Å². The summed E-state index contributed by atoms with van der Waals surface area (Å²) in [5, 5.41) is 8.08. The number of aromatic nitrogens is 3. The Bertz CT molecular complexity index is 712. The zero-order valence-electron chi connectivity index (χ0n) is 17.0. The van der Waals surface area contributed by atoms with Crippen LogP contribution in [0.3, 0.4) is 0 Å². The number of alkyl halides is 1. The molecular formula is C20H31FN6O2. The first-order valence-corrected chi connectivity index (χ1v) is 11.0. The zero-order chi connectivity index (χ0) is 20.2. The van der Waals surface area contributed by atoms with Crippen LogP contribution in [-0.4, -0.2) is 93.0 Å². The summed E-state index contributed by atoms with van der Waals surface area (Å²) in [5.74, 6) is -0.108. The molecule has 9 heteroatoms. The SMILES string of the molecule is O=C(c1cn(C[C@@H]2C[C@H](F)CN2C(=O)CN2CCCCCC2)nn1)N1CCCC1. The van der Waals surface area contributed by atoms with Crippen LogP contribution in [0, 0.1) is 0 Å². The maximum Gasteiger partial charge on any atom is 0.276 e. The van der Waals surface area contributed by atoms with Gasteiger partial charge in [0.2, 0.25) is 5.91 Å². The molecule has 0 aliphatic carbocycles. The van der Waals surface area contributed by atoms with E-state index in [9.17, 15) is 14.0 Å². The van der Waals surface area contributed by atoms with Crippen LogP contribution in [-0.2, 0) is 11.3 Å². The van der Waals surface area contributed by atoms with Crippen molar-refractivity contribution in [2.45, 2.75) is 63.7 Å². The molecule has 0 aromatic carbocycles. The molecule has 0 radical (unpaired) electrons. The quantitative estimate of drug-likeness (QED) is 0.738. The fourth-order valence-corrected chi connectivity index (χ4v) is 4.70. The van der Waals surface area contributed by atoms with Gasteiger partial charge in [0.05, 0.1) is 31.9 Å². The van der Waals surface area contributed by atoms with E-state index in [4.69, 9.17) is 0 Å². The Balaban J connectivity index is 1.36. The summed E-state index contributed by atoms with van der Waals surface area (Å²) in [7, 11) is 0. The van der Waals surface area contributed by atoms with E-state index in [0.29, 0.717) is 25.2 Å². The smallest absolute Gasteiger partial charge is 0.276 e. The molecule has 0 N–H and O–H groups in total. The lowest BCUT2D eigenvalue weighted by molar-refractivity contribution is -0.133. The van der Waals surface area contributed by atoms with Gasteiger partial charge in [-0.25, -0.2) is 9.07 Å². The van der Waals surface area contributed by atoms with Crippen LogP contribution < -0.4 is 0 Å². The van der Waals surface area contributed by atoms with E-state index >= 15 is 0 Å². The molecule has 0 unspecified atom stereocenters. The molecule has 0 bridgehead atoms. The van der Waals surface area contributed by atoms with Crippen molar-refractivity contribution in [3.63, 3.8) is 0 Å². The highest BCUT2D eigenvalue weighted by Gasteiger charge is 2.36. The van der Waals surface area contributed by atoms with Crippen molar-refractivity contribution in [1.29, 1.82) is 0 Å². The van der Waals surface area contributed by atoms with Crippen LogP contribution in [0.4, 0.5) is 4.39 Å². The molecule has 1 aromatic heterocycles. The second kappa shape index (κ2) is 9.19.